The van der Waals surface area contributed by atoms with E-state index in [1.54, 1.807) is 6.07 Å². The van der Waals surface area contributed by atoms with Gasteiger partial charge in [0.05, 0.1) is 5.69 Å². The molecule has 0 aliphatic carbocycles. The van der Waals surface area contributed by atoms with Crippen LogP contribution in [-0.4, -0.2) is 6.54 Å². The molecule has 0 saturated carbocycles. The molecule has 3 rings (SSSR count). The number of hydrogen-bond acceptors (Lipinski definition) is 2. The quantitative estimate of drug-likeness (QED) is 0.904. The van der Waals surface area contributed by atoms with Crippen LogP contribution in [0.1, 0.15) is 17.5 Å². The summed E-state index contributed by atoms with van der Waals surface area (Å²) in [6.07, 6.45) is 2.17. The van der Waals surface area contributed by atoms with Crippen molar-refractivity contribution in [2.75, 3.05) is 11.9 Å². The first-order valence-corrected chi connectivity index (χ1v) is 7.04. The summed E-state index contributed by atoms with van der Waals surface area (Å²) < 4.78 is 19.4. The molecule has 2 aromatic rings. The summed E-state index contributed by atoms with van der Waals surface area (Å²) in [5.74, 6) is 0.466. The summed E-state index contributed by atoms with van der Waals surface area (Å²) in [6, 6.07) is 10.5. The highest BCUT2D eigenvalue weighted by Crippen LogP contribution is 2.32. The molecule has 0 bridgehead atoms. The van der Waals surface area contributed by atoms with Gasteiger partial charge >= 0.3 is 0 Å². The number of nitrogens with one attached hydrogen (secondary N) is 1. The number of fused-ring (bicyclic) bond motifs is 1. The third kappa shape index (κ3) is 2.73. The smallest absolute Gasteiger partial charge is 0.143 e. The van der Waals surface area contributed by atoms with E-state index in [1.807, 2.05) is 12.1 Å². The molecule has 104 valence electrons. The second-order valence-electron chi connectivity index (χ2n) is 4.85. The van der Waals surface area contributed by atoms with Crippen LogP contribution >= 0.6 is 11.6 Å². The van der Waals surface area contributed by atoms with Gasteiger partial charge in [0, 0.05) is 17.1 Å². The van der Waals surface area contributed by atoms with E-state index in [1.165, 1.54) is 17.7 Å². The molecule has 0 amide bonds. The maximum Gasteiger partial charge on any atom is 0.143 e. The zero-order chi connectivity index (χ0) is 13.9. The van der Waals surface area contributed by atoms with Gasteiger partial charge < -0.3 is 10.1 Å². The van der Waals surface area contributed by atoms with Crippen molar-refractivity contribution in [2.24, 2.45) is 0 Å². The van der Waals surface area contributed by atoms with Gasteiger partial charge in [-0.05, 0) is 42.7 Å². The third-order valence-corrected chi connectivity index (χ3v) is 3.66. The van der Waals surface area contributed by atoms with Crippen LogP contribution in [-0.2, 0) is 13.0 Å². The molecular weight excluding hydrogens is 277 g/mol. The Kier molecular flexibility index (Phi) is 3.79. The van der Waals surface area contributed by atoms with E-state index in [9.17, 15) is 4.39 Å². The molecule has 2 aromatic carbocycles. The number of hydrogen-bond donors (Lipinski definition) is 1. The summed E-state index contributed by atoms with van der Waals surface area (Å²) >= 11 is 5.88. The van der Waals surface area contributed by atoms with Crippen molar-refractivity contribution in [2.45, 2.75) is 19.4 Å². The van der Waals surface area contributed by atoms with Crippen molar-refractivity contribution in [3.8, 4) is 5.75 Å². The maximum atomic E-state index is 13.7. The predicted molar refractivity (Wildman–Crippen MR) is 79.0 cm³/mol. The second-order valence-corrected chi connectivity index (χ2v) is 5.28. The molecule has 0 unspecified atom stereocenters. The fourth-order valence-corrected chi connectivity index (χ4v) is 2.60. The lowest BCUT2D eigenvalue weighted by Gasteiger charge is -2.21. The second kappa shape index (κ2) is 5.71. The lowest BCUT2D eigenvalue weighted by atomic mass is 10.0. The molecule has 0 atom stereocenters. The number of rotatable bonds is 3. The van der Waals surface area contributed by atoms with Crippen LogP contribution in [0.15, 0.2) is 36.4 Å². The SMILES string of the molecule is Fc1ccc(Cl)cc1COc1cccc2c1NCCC2. The maximum absolute atomic E-state index is 13.7. The van der Waals surface area contributed by atoms with Crippen LogP contribution in [0.25, 0.3) is 0 Å². The van der Waals surface area contributed by atoms with Crippen molar-refractivity contribution in [1.82, 2.24) is 0 Å². The molecule has 4 heteroatoms. The zero-order valence-corrected chi connectivity index (χ0v) is 11.7. The van der Waals surface area contributed by atoms with Crippen molar-refractivity contribution in [1.29, 1.82) is 0 Å². The molecule has 1 heterocycles. The van der Waals surface area contributed by atoms with Gasteiger partial charge in [-0.2, -0.15) is 0 Å². The Morgan fingerprint density at radius 1 is 1.25 bits per heavy atom. The van der Waals surface area contributed by atoms with E-state index in [2.05, 4.69) is 11.4 Å². The molecule has 1 N–H and O–H groups in total. The Bertz CT molecular complexity index is 630. The minimum atomic E-state index is -0.299. The van der Waals surface area contributed by atoms with E-state index in [0.717, 1.165) is 30.8 Å². The average molecular weight is 292 g/mol. The van der Waals surface area contributed by atoms with E-state index in [-0.39, 0.29) is 12.4 Å². The summed E-state index contributed by atoms with van der Waals surface area (Å²) in [4.78, 5) is 0. The number of halogens is 2. The first kappa shape index (κ1) is 13.3. The molecule has 1 aliphatic heterocycles. The number of benzene rings is 2. The Labute approximate surface area is 122 Å². The molecule has 0 fully saturated rings. The highest BCUT2D eigenvalue weighted by atomic mass is 35.5. The standard InChI is InChI=1S/C16H15ClFNO/c17-13-6-7-14(18)12(9-13)10-20-15-5-1-3-11-4-2-8-19-16(11)15/h1,3,5-7,9,19H,2,4,8,10H2. The monoisotopic (exact) mass is 291 g/mol. The first-order chi connectivity index (χ1) is 9.74. The lowest BCUT2D eigenvalue weighted by molar-refractivity contribution is 0.300. The minimum absolute atomic E-state index is 0.171. The minimum Gasteiger partial charge on any atom is -0.487 e. The van der Waals surface area contributed by atoms with Crippen LogP contribution in [0, 0.1) is 5.82 Å². The number of anilines is 1. The normalized spacial score (nSPS) is 13.5. The molecule has 0 aromatic heterocycles. The van der Waals surface area contributed by atoms with Gasteiger partial charge in [0.2, 0.25) is 0 Å². The van der Waals surface area contributed by atoms with E-state index in [4.69, 9.17) is 16.3 Å². The van der Waals surface area contributed by atoms with Crippen LogP contribution in [0.3, 0.4) is 0 Å². The number of aryl methyl sites for hydroxylation is 1. The Morgan fingerprint density at radius 2 is 2.15 bits per heavy atom. The Hall–Kier alpha value is -1.74. The summed E-state index contributed by atoms with van der Waals surface area (Å²) in [5.41, 5.74) is 2.74. The van der Waals surface area contributed by atoms with Gasteiger partial charge in [0.25, 0.3) is 0 Å². The topological polar surface area (TPSA) is 21.3 Å². The Morgan fingerprint density at radius 3 is 3.05 bits per heavy atom. The van der Waals surface area contributed by atoms with E-state index >= 15 is 0 Å². The molecule has 1 aliphatic rings. The largest absolute Gasteiger partial charge is 0.487 e. The fraction of sp³-hybridized carbons (Fsp3) is 0.250. The summed E-state index contributed by atoms with van der Waals surface area (Å²) in [7, 11) is 0. The zero-order valence-electron chi connectivity index (χ0n) is 11.0. The first-order valence-electron chi connectivity index (χ1n) is 6.66. The molecule has 0 radical (unpaired) electrons. The molecule has 2 nitrogen and oxygen atoms in total. The number of para-hydroxylation sites is 1. The van der Waals surface area contributed by atoms with Crippen molar-refractivity contribution in [3.63, 3.8) is 0 Å². The van der Waals surface area contributed by atoms with Gasteiger partial charge in [0.1, 0.15) is 18.2 Å². The van der Waals surface area contributed by atoms with Gasteiger partial charge in [-0.25, -0.2) is 4.39 Å². The predicted octanol–water partition coefficient (Wildman–Crippen LogP) is 4.42. The van der Waals surface area contributed by atoms with Gasteiger partial charge in [0.15, 0.2) is 0 Å². The van der Waals surface area contributed by atoms with Crippen molar-refractivity contribution >= 4 is 17.3 Å². The number of ether oxygens (including phenoxy) is 1. The van der Waals surface area contributed by atoms with Gasteiger partial charge in [-0.1, -0.05) is 23.7 Å². The fourth-order valence-electron chi connectivity index (χ4n) is 2.41. The molecule has 0 saturated heterocycles. The highest BCUT2D eigenvalue weighted by Gasteiger charge is 2.13. The van der Waals surface area contributed by atoms with Gasteiger partial charge in [-0.15, -0.1) is 0 Å². The Balaban J connectivity index is 1.80. The van der Waals surface area contributed by atoms with Crippen molar-refractivity contribution in [3.05, 3.63) is 58.4 Å². The van der Waals surface area contributed by atoms with Crippen LogP contribution < -0.4 is 10.1 Å². The summed E-state index contributed by atoms with van der Waals surface area (Å²) in [5, 5.41) is 3.86. The third-order valence-electron chi connectivity index (χ3n) is 3.43. The lowest BCUT2D eigenvalue weighted by Crippen LogP contribution is -2.13. The molecule has 0 spiro atoms. The van der Waals surface area contributed by atoms with Crippen LogP contribution in [0.4, 0.5) is 10.1 Å². The highest BCUT2D eigenvalue weighted by molar-refractivity contribution is 6.30. The van der Waals surface area contributed by atoms with Gasteiger partial charge in [-0.3, -0.25) is 0 Å². The summed E-state index contributed by atoms with van der Waals surface area (Å²) in [6.45, 7) is 1.11. The van der Waals surface area contributed by atoms with Crippen LogP contribution in [0.2, 0.25) is 5.02 Å². The van der Waals surface area contributed by atoms with E-state index < -0.39 is 0 Å². The average Bonchev–Trinajstić information content (AvgIpc) is 2.48. The molecular formula is C16H15ClFNO. The van der Waals surface area contributed by atoms with E-state index in [0.29, 0.717) is 10.6 Å². The molecule has 20 heavy (non-hydrogen) atoms. The van der Waals surface area contributed by atoms with Crippen LogP contribution in [0.5, 0.6) is 5.75 Å². The van der Waals surface area contributed by atoms with Crippen molar-refractivity contribution < 1.29 is 9.13 Å².